The van der Waals surface area contributed by atoms with Crippen molar-refractivity contribution >= 4 is 0 Å². The van der Waals surface area contributed by atoms with Crippen LogP contribution in [0.1, 0.15) is 109 Å². The lowest BCUT2D eigenvalue weighted by Crippen LogP contribution is -2.54. The lowest BCUT2D eigenvalue weighted by atomic mass is 9.71. The quantitative estimate of drug-likeness (QED) is 0.345. The molecule has 0 heterocycles. The Morgan fingerprint density at radius 3 is 1.04 bits per heavy atom. The highest BCUT2D eigenvalue weighted by Gasteiger charge is 2.47. The highest BCUT2D eigenvalue weighted by molar-refractivity contribution is 4.95. The van der Waals surface area contributed by atoms with Gasteiger partial charge >= 0.3 is 0 Å². The summed E-state index contributed by atoms with van der Waals surface area (Å²) >= 11 is 0. The summed E-state index contributed by atoms with van der Waals surface area (Å²) in [6.07, 6.45) is 4.81. The van der Waals surface area contributed by atoms with Gasteiger partial charge in [-0.2, -0.15) is 0 Å². The third kappa shape index (κ3) is 6.56. The molecule has 0 N–H and O–H groups in total. The fourth-order valence-corrected chi connectivity index (χ4v) is 4.54. The van der Waals surface area contributed by atoms with E-state index < -0.39 is 0 Å². The van der Waals surface area contributed by atoms with Gasteiger partial charge in [0, 0.05) is 0 Å². The van der Waals surface area contributed by atoms with Gasteiger partial charge in [0.25, 0.3) is 0 Å². The van der Waals surface area contributed by atoms with Gasteiger partial charge in [0.2, 0.25) is 0 Å². The van der Waals surface area contributed by atoms with Crippen molar-refractivity contribution in [2.45, 2.75) is 120 Å². The van der Waals surface area contributed by atoms with Gasteiger partial charge < -0.3 is 4.74 Å². The summed E-state index contributed by atoms with van der Waals surface area (Å²) in [4.78, 5) is 0. The van der Waals surface area contributed by atoms with Gasteiger partial charge in [-0.25, -0.2) is 0 Å². The van der Waals surface area contributed by atoms with Crippen LogP contribution >= 0.6 is 0 Å². The van der Waals surface area contributed by atoms with Gasteiger partial charge in [0.15, 0.2) is 0 Å². The molecule has 0 saturated carbocycles. The maximum absolute atomic E-state index is 7.26. The lowest BCUT2D eigenvalue weighted by molar-refractivity contribution is -0.229. The van der Waals surface area contributed by atoms with Crippen molar-refractivity contribution in [3.05, 3.63) is 0 Å². The fraction of sp³-hybridized carbons (Fsp3) is 1.00. The molecular weight excluding hydrogens is 304 g/mol. The van der Waals surface area contributed by atoms with Gasteiger partial charge in [-0.3, -0.25) is 0 Å². The molecule has 1 heteroatoms. The monoisotopic (exact) mass is 354 g/mol. The maximum atomic E-state index is 7.26. The Kier molecular flexibility index (Phi) is 10.3. The molecule has 0 bridgehead atoms. The van der Waals surface area contributed by atoms with Crippen LogP contribution in [0.25, 0.3) is 0 Å². The van der Waals surface area contributed by atoms with Crippen LogP contribution < -0.4 is 0 Å². The normalized spacial score (nSPS) is 22.3. The molecule has 0 rings (SSSR count). The summed E-state index contributed by atoms with van der Waals surface area (Å²) < 4.78 is 7.26. The fourth-order valence-electron chi connectivity index (χ4n) is 4.54. The molecule has 6 atom stereocenters. The van der Waals surface area contributed by atoms with E-state index in [1.807, 2.05) is 0 Å². The van der Waals surface area contributed by atoms with E-state index in [1.54, 1.807) is 0 Å². The predicted octanol–water partition coefficient (Wildman–Crippen LogP) is 7.98. The van der Waals surface area contributed by atoms with E-state index in [-0.39, 0.29) is 11.2 Å². The Hall–Kier alpha value is -0.0400. The third-order valence-electron chi connectivity index (χ3n) is 7.23. The predicted molar refractivity (Wildman–Crippen MR) is 114 cm³/mol. The van der Waals surface area contributed by atoms with Crippen LogP contribution in [0.5, 0.6) is 0 Å². The van der Waals surface area contributed by atoms with Crippen LogP contribution in [0.3, 0.4) is 0 Å². The van der Waals surface area contributed by atoms with Gasteiger partial charge in [0.05, 0.1) is 11.2 Å². The summed E-state index contributed by atoms with van der Waals surface area (Å²) in [6.45, 7) is 28.4. The van der Waals surface area contributed by atoms with E-state index in [9.17, 15) is 0 Å². The molecule has 6 unspecified atom stereocenters. The standard InChI is InChI=1S/C24H50O/c1-13-19(7)23(11,21(9)15-17(3)4)25-24(12,20(8)14-2)22(10)16-18(5)6/h17-22H,13-16H2,1-12H3. The van der Waals surface area contributed by atoms with Crippen molar-refractivity contribution in [2.75, 3.05) is 0 Å². The molecule has 0 radical (unpaired) electrons. The molecule has 0 aromatic heterocycles. The van der Waals surface area contributed by atoms with Crippen LogP contribution in [0.4, 0.5) is 0 Å². The molecule has 1 nitrogen and oxygen atoms in total. The Labute approximate surface area is 160 Å². The summed E-state index contributed by atoms with van der Waals surface area (Å²) in [5.41, 5.74) is -0.134. The number of ether oxygens (including phenoxy) is 1. The van der Waals surface area contributed by atoms with Crippen molar-refractivity contribution in [1.82, 2.24) is 0 Å². The van der Waals surface area contributed by atoms with Crippen LogP contribution in [-0.4, -0.2) is 11.2 Å². The van der Waals surface area contributed by atoms with E-state index in [0.29, 0.717) is 35.5 Å². The molecule has 0 aliphatic rings. The minimum atomic E-state index is -0.0670. The smallest absolute Gasteiger partial charge is 0.0712 e. The largest absolute Gasteiger partial charge is 0.368 e. The van der Waals surface area contributed by atoms with E-state index in [4.69, 9.17) is 4.74 Å². The second-order valence-corrected chi connectivity index (χ2v) is 10.1. The van der Waals surface area contributed by atoms with Crippen molar-refractivity contribution in [3.63, 3.8) is 0 Å². The summed E-state index contributed by atoms with van der Waals surface area (Å²) in [5.74, 6) is 3.69. The van der Waals surface area contributed by atoms with E-state index in [1.165, 1.54) is 25.7 Å². The summed E-state index contributed by atoms with van der Waals surface area (Å²) in [6, 6.07) is 0. The number of hydrogen-bond donors (Lipinski definition) is 0. The van der Waals surface area contributed by atoms with Crippen molar-refractivity contribution in [1.29, 1.82) is 0 Å². The van der Waals surface area contributed by atoms with Gasteiger partial charge in [-0.15, -0.1) is 0 Å². The molecule has 0 aliphatic carbocycles. The highest BCUT2D eigenvalue weighted by Crippen LogP contribution is 2.45. The topological polar surface area (TPSA) is 9.23 Å². The molecule has 0 aliphatic heterocycles. The summed E-state index contributed by atoms with van der Waals surface area (Å²) in [7, 11) is 0. The second-order valence-electron chi connectivity index (χ2n) is 10.1. The zero-order valence-electron chi connectivity index (χ0n) is 19.7. The number of hydrogen-bond acceptors (Lipinski definition) is 1. The molecule has 0 spiro atoms. The van der Waals surface area contributed by atoms with Crippen LogP contribution in [0.15, 0.2) is 0 Å². The van der Waals surface area contributed by atoms with Crippen molar-refractivity contribution in [2.24, 2.45) is 35.5 Å². The van der Waals surface area contributed by atoms with Crippen LogP contribution in [-0.2, 0) is 4.74 Å². The average molecular weight is 355 g/mol. The van der Waals surface area contributed by atoms with Gasteiger partial charge in [-0.1, -0.05) is 82.1 Å². The Morgan fingerprint density at radius 2 is 0.840 bits per heavy atom. The zero-order chi connectivity index (χ0) is 20.0. The van der Waals surface area contributed by atoms with E-state index in [2.05, 4.69) is 83.1 Å². The summed E-state index contributed by atoms with van der Waals surface area (Å²) in [5, 5.41) is 0. The Balaban J connectivity index is 5.81. The Morgan fingerprint density at radius 1 is 0.560 bits per heavy atom. The molecule has 0 aromatic carbocycles. The number of rotatable bonds is 12. The molecule has 0 amide bonds. The van der Waals surface area contributed by atoms with Crippen molar-refractivity contribution in [3.8, 4) is 0 Å². The van der Waals surface area contributed by atoms with E-state index >= 15 is 0 Å². The molecule has 0 saturated heterocycles. The van der Waals surface area contributed by atoms with Crippen LogP contribution in [0, 0.1) is 35.5 Å². The maximum Gasteiger partial charge on any atom is 0.0712 e. The zero-order valence-corrected chi connectivity index (χ0v) is 19.7. The molecule has 0 fully saturated rings. The van der Waals surface area contributed by atoms with Crippen LogP contribution in [0.2, 0.25) is 0 Å². The molecular formula is C24H50O. The SMILES string of the molecule is CCC(C)C(C)(OC(C)(C(C)CC)C(C)CC(C)C)C(C)CC(C)C. The van der Waals surface area contributed by atoms with E-state index in [0.717, 1.165) is 0 Å². The van der Waals surface area contributed by atoms with Crippen molar-refractivity contribution < 1.29 is 4.74 Å². The first kappa shape index (κ1) is 25.0. The third-order valence-corrected chi connectivity index (χ3v) is 7.23. The highest BCUT2D eigenvalue weighted by atomic mass is 16.5. The first-order chi connectivity index (χ1) is 11.3. The first-order valence-electron chi connectivity index (χ1n) is 11.0. The second kappa shape index (κ2) is 10.3. The average Bonchev–Trinajstić information content (AvgIpc) is 2.51. The Bertz CT molecular complexity index is 327. The van der Waals surface area contributed by atoms with Gasteiger partial charge in [-0.05, 0) is 62.2 Å². The van der Waals surface area contributed by atoms with Gasteiger partial charge in [0.1, 0.15) is 0 Å². The molecule has 152 valence electrons. The minimum Gasteiger partial charge on any atom is -0.368 e. The minimum absolute atomic E-state index is 0.0670. The first-order valence-corrected chi connectivity index (χ1v) is 11.0. The molecule has 25 heavy (non-hydrogen) atoms. The lowest BCUT2D eigenvalue weighted by Gasteiger charge is -2.52. The molecule has 0 aromatic rings.